The topological polar surface area (TPSA) is 64.0 Å². The maximum Gasteiger partial charge on any atom is 0.275 e. The van der Waals surface area contributed by atoms with Crippen LogP contribution in [0.5, 0.6) is 0 Å². The maximum atomic E-state index is 12.5. The first kappa shape index (κ1) is 16.2. The number of rotatable bonds is 3. The number of fused-ring (bicyclic) bond motifs is 1. The number of hydrogen-bond donors (Lipinski definition) is 1. The van der Waals surface area contributed by atoms with E-state index in [1.807, 2.05) is 32.0 Å². The molecule has 1 N–H and O–H groups in total. The average molecular weight is 342 g/mol. The normalized spacial score (nSPS) is 10.8. The Morgan fingerprint density at radius 1 is 1.17 bits per heavy atom. The Hall–Kier alpha value is -2.66. The molecule has 24 heavy (non-hydrogen) atoms. The van der Waals surface area contributed by atoms with Crippen LogP contribution in [0.25, 0.3) is 10.8 Å². The van der Waals surface area contributed by atoms with Gasteiger partial charge in [0.1, 0.15) is 6.54 Å². The van der Waals surface area contributed by atoms with Crippen LogP contribution in [0.4, 0.5) is 5.69 Å². The second kappa shape index (κ2) is 6.45. The van der Waals surface area contributed by atoms with Crippen molar-refractivity contribution in [2.45, 2.75) is 20.4 Å². The minimum absolute atomic E-state index is 0.157. The van der Waals surface area contributed by atoms with Crippen molar-refractivity contribution in [3.05, 3.63) is 69.1 Å². The van der Waals surface area contributed by atoms with Gasteiger partial charge in [-0.2, -0.15) is 5.10 Å². The van der Waals surface area contributed by atoms with E-state index < -0.39 is 0 Å². The number of amides is 1. The minimum atomic E-state index is -0.334. The Morgan fingerprint density at radius 2 is 1.88 bits per heavy atom. The van der Waals surface area contributed by atoms with Crippen molar-refractivity contribution in [1.29, 1.82) is 0 Å². The molecule has 0 saturated heterocycles. The summed E-state index contributed by atoms with van der Waals surface area (Å²) in [6, 6.07) is 12.5. The van der Waals surface area contributed by atoms with Gasteiger partial charge in [0.2, 0.25) is 5.91 Å². The van der Waals surface area contributed by atoms with Crippen LogP contribution in [0.2, 0.25) is 5.02 Å². The Balaban J connectivity index is 1.86. The first-order valence-corrected chi connectivity index (χ1v) is 7.86. The second-order valence-electron chi connectivity index (χ2n) is 5.61. The van der Waals surface area contributed by atoms with Gasteiger partial charge in [-0.3, -0.25) is 9.59 Å². The van der Waals surface area contributed by atoms with E-state index in [0.717, 1.165) is 10.9 Å². The SMILES string of the molecule is Cc1ccc(NC(=O)Cn2nc(C)c3ccccc3c2=O)cc1Cl. The van der Waals surface area contributed by atoms with Crippen LogP contribution in [0.3, 0.4) is 0 Å². The van der Waals surface area contributed by atoms with Crippen molar-refractivity contribution in [2.75, 3.05) is 5.32 Å². The maximum absolute atomic E-state index is 12.5. The molecule has 5 nitrogen and oxygen atoms in total. The molecule has 3 rings (SSSR count). The molecule has 122 valence electrons. The third-order valence-electron chi connectivity index (χ3n) is 3.80. The summed E-state index contributed by atoms with van der Waals surface area (Å²) in [7, 11) is 0. The number of carbonyl (C=O) groups is 1. The van der Waals surface area contributed by atoms with Crippen LogP contribution in [0.15, 0.2) is 47.3 Å². The Labute approximate surface area is 143 Å². The summed E-state index contributed by atoms with van der Waals surface area (Å²) in [6.45, 7) is 3.54. The zero-order valence-electron chi connectivity index (χ0n) is 13.3. The van der Waals surface area contributed by atoms with Gasteiger partial charge >= 0.3 is 0 Å². The zero-order chi connectivity index (χ0) is 17.3. The van der Waals surface area contributed by atoms with Crippen molar-refractivity contribution < 1.29 is 4.79 Å². The summed E-state index contributed by atoms with van der Waals surface area (Å²) in [5.74, 6) is -0.334. The number of nitrogens with one attached hydrogen (secondary N) is 1. The van der Waals surface area contributed by atoms with Crippen molar-refractivity contribution >= 4 is 34.0 Å². The highest BCUT2D eigenvalue weighted by atomic mass is 35.5. The highest BCUT2D eigenvalue weighted by molar-refractivity contribution is 6.31. The first-order valence-electron chi connectivity index (χ1n) is 7.48. The molecule has 0 radical (unpaired) electrons. The number of nitrogens with zero attached hydrogens (tertiary/aromatic N) is 2. The highest BCUT2D eigenvalue weighted by Crippen LogP contribution is 2.20. The third kappa shape index (κ3) is 3.16. The molecule has 1 heterocycles. The number of aryl methyl sites for hydroxylation is 2. The molecule has 0 atom stereocenters. The lowest BCUT2D eigenvalue weighted by molar-refractivity contribution is -0.117. The largest absolute Gasteiger partial charge is 0.324 e. The number of halogens is 1. The highest BCUT2D eigenvalue weighted by Gasteiger charge is 2.11. The summed E-state index contributed by atoms with van der Waals surface area (Å²) < 4.78 is 1.18. The molecule has 2 aromatic carbocycles. The van der Waals surface area contributed by atoms with Gasteiger partial charge in [0.15, 0.2) is 0 Å². The van der Waals surface area contributed by atoms with Gasteiger partial charge in [0.05, 0.1) is 11.1 Å². The molecule has 0 aliphatic carbocycles. The van der Waals surface area contributed by atoms with E-state index in [0.29, 0.717) is 21.8 Å². The molecule has 0 spiro atoms. The fourth-order valence-corrected chi connectivity index (χ4v) is 2.70. The lowest BCUT2D eigenvalue weighted by atomic mass is 10.1. The Morgan fingerprint density at radius 3 is 2.58 bits per heavy atom. The summed E-state index contributed by atoms with van der Waals surface area (Å²) in [4.78, 5) is 24.7. The van der Waals surface area contributed by atoms with Crippen molar-refractivity contribution in [3.63, 3.8) is 0 Å². The molecule has 0 saturated carbocycles. The molecule has 1 aromatic heterocycles. The predicted molar refractivity (Wildman–Crippen MR) is 95.6 cm³/mol. The van der Waals surface area contributed by atoms with Crippen LogP contribution < -0.4 is 10.9 Å². The van der Waals surface area contributed by atoms with E-state index in [9.17, 15) is 9.59 Å². The zero-order valence-corrected chi connectivity index (χ0v) is 14.1. The van der Waals surface area contributed by atoms with E-state index in [4.69, 9.17) is 11.6 Å². The van der Waals surface area contributed by atoms with Gasteiger partial charge in [-0.25, -0.2) is 4.68 Å². The molecule has 0 bridgehead atoms. The molecular formula is C18H16ClN3O2. The van der Waals surface area contributed by atoms with Gasteiger partial charge in [0, 0.05) is 16.1 Å². The first-order chi connectivity index (χ1) is 11.5. The summed E-state index contributed by atoms with van der Waals surface area (Å²) in [6.07, 6.45) is 0. The molecular weight excluding hydrogens is 326 g/mol. The number of aromatic nitrogens is 2. The van der Waals surface area contributed by atoms with Gasteiger partial charge in [-0.1, -0.05) is 35.9 Å². The van der Waals surface area contributed by atoms with Crippen LogP contribution in [0, 0.1) is 13.8 Å². The van der Waals surface area contributed by atoms with Crippen LogP contribution in [-0.4, -0.2) is 15.7 Å². The second-order valence-corrected chi connectivity index (χ2v) is 6.01. The fourth-order valence-electron chi connectivity index (χ4n) is 2.52. The van der Waals surface area contributed by atoms with E-state index in [2.05, 4.69) is 10.4 Å². The van der Waals surface area contributed by atoms with E-state index in [1.165, 1.54) is 4.68 Å². The van der Waals surface area contributed by atoms with Gasteiger partial charge in [-0.15, -0.1) is 0 Å². The standard InChI is InChI=1S/C18H16ClN3O2/c1-11-7-8-13(9-16(11)19)20-17(23)10-22-18(24)15-6-4-3-5-14(15)12(2)21-22/h3-9H,10H2,1-2H3,(H,20,23). The minimum Gasteiger partial charge on any atom is -0.324 e. The summed E-state index contributed by atoms with van der Waals surface area (Å²) >= 11 is 6.05. The Bertz CT molecular complexity index is 995. The lowest BCUT2D eigenvalue weighted by Gasteiger charge is -2.10. The Kier molecular flexibility index (Phi) is 4.36. The monoisotopic (exact) mass is 341 g/mol. The average Bonchev–Trinajstić information content (AvgIpc) is 2.56. The quantitative estimate of drug-likeness (QED) is 0.795. The van der Waals surface area contributed by atoms with Crippen LogP contribution >= 0.6 is 11.6 Å². The van der Waals surface area contributed by atoms with E-state index in [-0.39, 0.29) is 18.0 Å². The molecule has 0 aliphatic heterocycles. The smallest absolute Gasteiger partial charge is 0.275 e. The number of benzene rings is 2. The van der Waals surface area contributed by atoms with Crippen molar-refractivity contribution in [2.24, 2.45) is 0 Å². The van der Waals surface area contributed by atoms with Crippen molar-refractivity contribution in [3.8, 4) is 0 Å². The van der Waals surface area contributed by atoms with Gasteiger partial charge < -0.3 is 5.32 Å². The van der Waals surface area contributed by atoms with Crippen LogP contribution in [-0.2, 0) is 11.3 Å². The third-order valence-corrected chi connectivity index (χ3v) is 4.21. The van der Waals surface area contributed by atoms with Crippen molar-refractivity contribution in [1.82, 2.24) is 9.78 Å². The van der Waals surface area contributed by atoms with Gasteiger partial charge in [0.25, 0.3) is 5.56 Å². The lowest BCUT2D eigenvalue weighted by Crippen LogP contribution is -2.30. The number of anilines is 1. The predicted octanol–water partition coefficient (Wildman–Crippen LogP) is 3.31. The molecule has 3 aromatic rings. The molecule has 0 aliphatic rings. The van der Waals surface area contributed by atoms with E-state index in [1.54, 1.807) is 24.3 Å². The number of carbonyl (C=O) groups excluding carboxylic acids is 1. The molecule has 0 fully saturated rings. The molecule has 6 heteroatoms. The van der Waals surface area contributed by atoms with Gasteiger partial charge in [-0.05, 0) is 37.6 Å². The van der Waals surface area contributed by atoms with Crippen LogP contribution in [0.1, 0.15) is 11.3 Å². The molecule has 0 unspecified atom stereocenters. The van der Waals surface area contributed by atoms with E-state index >= 15 is 0 Å². The number of hydrogen-bond acceptors (Lipinski definition) is 3. The summed E-state index contributed by atoms with van der Waals surface area (Å²) in [5, 5.41) is 8.88. The fraction of sp³-hybridized carbons (Fsp3) is 0.167. The summed E-state index contributed by atoms with van der Waals surface area (Å²) in [5.41, 5.74) is 1.93. The molecule has 1 amide bonds.